The maximum absolute atomic E-state index is 12.0. The first-order valence-corrected chi connectivity index (χ1v) is 12.4. The minimum absolute atomic E-state index is 0.0588. The van der Waals surface area contributed by atoms with Crippen LogP contribution in [0.2, 0.25) is 5.02 Å². The molecule has 2 N–H and O–H groups in total. The molecule has 0 bridgehead atoms. The van der Waals surface area contributed by atoms with Gasteiger partial charge in [-0.15, -0.1) is 0 Å². The Morgan fingerprint density at radius 1 is 1.14 bits per heavy atom. The molecule has 4 aromatic rings. The second kappa shape index (κ2) is 10.7. The van der Waals surface area contributed by atoms with Gasteiger partial charge in [-0.25, -0.2) is 0 Å². The van der Waals surface area contributed by atoms with Crippen molar-refractivity contribution in [1.82, 2.24) is 19.9 Å². The van der Waals surface area contributed by atoms with E-state index in [-0.39, 0.29) is 24.6 Å². The minimum atomic E-state index is -0.284. The summed E-state index contributed by atoms with van der Waals surface area (Å²) < 4.78 is 7.08. The molecule has 2 unspecified atom stereocenters. The van der Waals surface area contributed by atoms with Crippen LogP contribution in [0.3, 0.4) is 0 Å². The molecule has 188 valence electrons. The number of methoxy groups -OCH3 is 1. The van der Waals surface area contributed by atoms with E-state index in [1.807, 2.05) is 47.5 Å². The lowest BCUT2D eigenvalue weighted by Crippen LogP contribution is -2.30. The van der Waals surface area contributed by atoms with Crippen LogP contribution in [0.15, 0.2) is 79.3 Å². The maximum atomic E-state index is 12.0. The van der Waals surface area contributed by atoms with Gasteiger partial charge in [-0.2, -0.15) is 0 Å². The first-order valence-electron chi connectivity index (χ1n) is 11.7. The number of halogens is 1. The molecule has 0 spiro atoms. The highest BCUT2D eigenvalue weighted by molar-refractivity contribution is 7.80. The SMILES string of the molecule is COCC(=O)Nc1ccc(N2C(=S)NC(c3ccccn3)C2c2ccc(C)n2-c2cccnc2)cc1Cl. The zero-order chi connectivity index (χ0) is 25.9. The number of aromatic nitrogens is 3. The van der Waals surface area contributed by atoms with Crippen molar-refractivity contribution >= 4 is 46.2 Å². The predicted molar refractivity (Wildman–Crippen MR) is 148 cm³/mol. The van der Waals surface area contributed by atoms with E-state index in [2.05, 4.69) is 44.2 Å². The number of hydrogen-bond donors (Lipinski definition) is 2. The number of carbonyl (C=O) groups is 1. The summed E-state index contributed by atoms with van der Waals surface area (Å²) in [5.74, 6) is -0.284. The second-order valence-corrected chi connectivity index (χ2v) is 9.38. The van der Waals surface area contributed by atoms with Crippen LogP contribution in [0, 0.1) is 6.92 Å². The van der Waals surface area contributed by atoms with Crippen LogP contribution in [0.4, 0.5) is 11.4 Å². The van der Waals surface area contributed by atoms with Crippen LogP contribution in [0.5, 0.6) is 0 Å². The molecule has 2 atom stereocenters. The Kier molecular flexibility index (Phi) is 7.18. The molecule has 1 aliphatic heterocycles. The number of thiocarbonyl (C=S) groups is 1. The average molecular weight is 533 g/mol. The number of rotatable bonds is 7. The van der Waals surface area contributed by atoms with Crippen molar-refractivity contribution in [3.8, 4) is 5.69 Å². The van der Waals surface area contributed by atoms with Crippen molar-refractivity contribution in [3.05, 3.63) is 101 Å². The summed E-state index contributed by atoms with van der Waals surface area (Å²) in [6.07, 6.45) is 5.37. The van der Waals surface area contributed by atoms with Gasteiger partial charge in [0.05, 0.1) is 34.3 Å². The first-order chi connectivity index (χ1) is 18.0. The Hall–Kier alpha value is -3.79. The fourth-order valence-corrected chi connectivity index (χ4v) is 5.20. The minimum Gasteiger partial charge on any atom is -0.375 e. The number of anilines is 2. The molecule has 1 saturated heterocycles. The molecule has 0 saturated carbocycles. The molecular formula is C27H25ClN6O2S. The number of ether oxygens (including phenoxy) is 1. The number of nitrogens with zero attached hydrogens (tertiary/aromatic N) is 4. The molecule has 10 heteroatoms. The van der Waals surface area contributed by atoms with E-state index >= 15 is 0 Å². The van der Waals surface area contributed by atoms with E-state index in [0.717, 1.165) is 28.5 Å². The largest absolute Gasteiger partial charge is 0.375 e. The smallest absolute Gasteiger partial charge is 0.250 e. The van der Waals surface area contributed by atoms with E-state index in [0.29, 0.717) is 15.8 Å². The van der Waals surface area contributed by atoms with Crippen molar-refractivity contribution in [3.63, 3.8) is 0 Å². The van der Waals surface area contributed by atoms with Gasteiger partial charge in [0.1, 0.15) is 12.6 Å². The molecular weight excluding hydrogens is 508 g/mol. The van der Waals surface area contributed by atoms with Crippen LogP contribution in [0.25, 0.3) is 5.69 Å². The lowest BCUT2D eigenvalue weighted by Gasteiger charge is -2.29. The Labute approximate surface area is 225 Å². The number of pyridine rings is 2. The van der Waals surface area contributed by atoms with Gasteiger partial charge in [-0.1, -0.05) is 17.7 Å². The Morgan fingerprint density at radius 2 is 2.00 bits per heavy atom. The lowest BCUT2D eigenvalue weighted by molar-refractivity contribution is -0.119. The van der Waals surface area contributed by atoms with Crippen molar-refractivity contribution in [2.45, 2.75) is 19.0 Å². The van der Waals surface area contributed by atoms with Crippen LogP contribution in [-0.2, 0) is 9.53 Å². The van der Waals surface area contributed by atoms with Crippen molar-refractivity contribution < 1.29 is 9.53 Å². The van der Waals surface area contributed by atoms with Gasteiger partial charge < -0.3 is 24.8 Å². The molecule has 1 aromatic carbocycles. The van der Waals surface area contributed by atoms with Crippen molar-refractivity contribution in [2.75, 3.05) is 23.9 Å². The van der Waals surface area contributed by atoms with Crippen molar-refractivity contribution in [1.29, 1.82) is 0 Å². The highest BCUT2D eigenvalue weighted by Gasteiger charge is 2.42. The van der Waals surface area contributed by atoms with E-state index < -0.39 is 0 Å². The topological polar surface area (TPSA) is 84.3 Å². The van der Waals surface area contributed by atoms with Gasteiger partial charge in [0.25, 0.3) is 0 Å². The number of amides is 1. The predicted octanol–water partition coefficient (Wildman–Crippen LogP) is 4.99. The van der Waals surface area contributed by atoms with Crippen LogP contribution < -0.4 is 15.5 Å². The van der Waals surface area contributed by atoms with Crippen LogP contribution in [0.1, 0.15) is 29.2 Å². The van der Waals surface area contributed by atoms with E-state index in [4.69, 9.17) is 28.6 Å². The summed E-state index contributed by atoms with van der Waals surface area (Å²) >= 11 is 12.5. The zero-order valence-electron chi connectivity index (χ0n) is 20.3. The highest BCUT2D eigenvalue weighted by atomic mass is 35.5. The van der Waals surface area contributed by atoms with E-state index in [1.165, 1.54) is 7.11 Å². The highest BCUT2D eigenvalue weighted by Crippen LogP contribution is 2.43. The lowest BCUT2D eigenvalue weighted by atomic mass is 10.0. The number of hydrogen-bond acceptors (Lipinski definition) is 5. The molecule has 0 radical (unpaired) electrons. The van der Waals surface area contributed by atoms with Gasteiger partial charge in [0.15, 0.2) is 5.11 Å². The quantitative estimate of drug-likeness (QED) is 0.324. The number of carbonyl (C=O) groups excluding carboxylic acids is 1. The molecule has 5 rings (SSSR count). The van der Waals surface area contributed by atoms with E-state index in [9.17, 15) is 4.79 Å². The Balaban J connectivity index is 1.61. The molecule has 0 aliphatic carbocycles. The summed E-state index contributed by atoms with van der Waals surface area (Å²) in [7, 11) is 1.47. The summed E-state index contributed by atoms with van der Waals surface area (Å²) in [4.78, 5) is 23.0. The van der Waals surface area contributed by atoms with Gasteiger partial charge >= 0.3 is 0 Å². The molecule has 1 fully saturated rings. The molecule has 3 aromatic heterocycles. The number of aryl methyl sites for hydroxylation is 1. The summed E-state index contributed by atoms with van der Waals surface area (Å²) in [6, 6.07) is 19.0. The zero-order valence-corrected chi connectivity index (χ0v) is 21.8. The van der Waals surface area contributed by atoms with Crippen LogP contribution >= 0.6 is 23.8 Å². The van der Waals surface area contributed by atoms with Gasteiger partial charge in [-0.05, 0) is 73.7 Å². The maximum Gasteiger partial charge on any atom is 0.250 e. The Morgan fingerprint density at radius 3 is 2.70 bits per heavy atom. The van der Waals surface area contributed by atoms with Gasteiger partial charge in [0, 0.05) is 36.6 Å². The monoisotopic (exact) mass is 532 g/mol. The molecule has 1 aliphatic rings. The molecule has 4 heterocycles. The molecule has 8 nitrogen and oxygen atoms in total. The fraction of sp³-hybridized carbons (Fsp3) is 0.185. The number of nitrogens with one attached hydrogen (secondary N) is 2. The van der Waals surface area contributed by atoms with Crippen LogP contribution in [-0.4, -0.2) is 39.3 Å². The third-order valence-corrected chi connectivity index (χ3v) is 6.82. The van der Waals surface area contributed by atoms with Gasteiger partial charge in [0.2, 0.25) is 5.91 Å². The standard InChI is InChI=1S/C27H25ClN6O2S/c1-17-8-11-23(33(17)19-6-5-12-29-15-19)26-25(22-7-3-4-13-30-22)32-27(37)34(26)18-9-10-21(20(28)14-18)31-24(35)16-36-2/h3-15,25-26H,16H2,1-2H3,(H,31,35)(H,32,37). The third kappa shape index (κ3) is 4.93. The normalized spacial score (nSPS) is 17.1. The van der Waals surface area contributed by atoms with E-state index in [1.54, 1.807) is 24.5 Å². The number of benzene rings is 1. The third-order valence-electron chi connectivity index (χ3n) is 6.19. The molecule has 1 amide bonds. The average Bonchev–Trinajstić information content (AvgIpc) is 3.45. The van der Waals surface area contributed by atoms with Crippen molar-refractivity contribution in [2.24, 2.45) is 0 Å². The molecule has 37 heavy (non-hydrogen) atoms. The van der Waals surface area contributed by atoms with Gasteiger partial charge in [-0.3, -0.25) is 14.8 Å². The summed E-state index contributed by atoms with van der Waals surface area (Å²) in [6.45, 7) is 2.00. The Bertz CT molecular complexity index is 1430. The second-order valence-electron chi connectivity index (χ2n) is 8.59. The summed E-state index contributed by atoms with van der Waals surface area (Å²) in [5.41, 5.74) is 5.18. The first kappa shape index (κ1) is 24.9. The fourth-order valence-electron chi connectivity index (χ4n) is 4.63. The summed E-state index contributed by atoms with van der Waals surface area (Å²) in [5, 5.41) is 7.18.